The summed E-state index contributed by atoms with van der Waals surface area (Å²) in [6.45, 7) is 1.87. The number of aliphatic hydroxyl groups excluding tert-OH is 1. The molecule has 1 atom stereocenters. The molecule has 0 aliphatic heterocycles. The molecule has 92 valence electrons. The Kier molecular flexibility index (Phi) is 3.24. The number of thiophene rings is 1. The van der Waals surface area contributed by atoms with Gasteiger partial charge in [0.1, 0.15) is 6.10 Å². The molecule has 0 fully saturated rings. The van der Waals surface area contributed by atoms with Crippen molar-refractivity contribution in [1.82, 2.24) is 4.98 Å². The van der Waals surface area contributed by atoms with Gasteiger partial charge in [0.15, 0.2) is 5.01 Å². The molecule has 0 saturated heterocycles. The number of hydrogen-bond donors (Lipinski definition) is 1. The van der Waals surface area contributed by atoms with Gasteiger partial charge in [0.05, 0.1) is 4.88 Å². The van der Waals surface area contributed by atoms with E-state index in [1.165, 1.54) is 11.3 Å². The summed E-state index contributed by atoms with van der Waals surface area (Å²) in [4.78, 5) is 5.11. The van der Waals surface area contributed by atoms with E-state index in [0.29, 0.717) is 16.2 Å². The number of rotatable bonds is 2. The zero-order valence-electron chi connectivity index (χ0n) is 8.65. The topological polar surface area (TPSA) is 33.1 Å². The van der Waals surface area contributed by atoms with Crippen LogP contribution in [0.25, 0.3) is 0 Å². The highest BCUT2D eigenvalue weighted by molar-refractivity contribution is 7.13. The number of aromatic nitrogens is 1. The molecule has 0 spiro atoms. The van der Waals surface area contributed by atoms with E-state index in [1.807, 2.05) is 13.0 Å². The molecule has 0 aliphatic rings. The average molecular weight is 279 g/mol. The Balaban J connectivity index is 2.26. The maximum absolute atomic E-state index is 12.3. The molecule has 2 aromatic heterocycles. The average Bonchev–Trinajstić information content (AvgIpc) is 2.83. The maximum atomic E-state index is 12.3. The number of halogens is 3. The highest BCUT2D eigenvalue weighted by Gasteiger charge is 2.35. The van der Waals surface area contributed by atoms with Gasteiger partial charge >= 0.3 is 6.18 Å². The van der Waals surface area contributed by atoms with Crippen molar-refractivity contribution in [2.75, 3.05) is 0 Å². The van der Waals surface area contributed by atoms with Gasteiger partial charge in [-0.25, -0.2) is 4.98 Å². The summed E-state index contributed by atoms with van der Waals surface area (Å²) in [6, 6.07) is 3.52. The molecular weight excluding hydrogens is 271 g/mol. The third-order valence-electron chi connectivity index (χ3n) is 2.07. The van der Waals surface area contributed by atoms with Crippen LogP contribution < -0.4 is 0 Å². The molecule has 2 heterocycles. The summed E-state index contributed by atoms with van der Waals surface area (Å²) in [5.41, 5.74) is 0. The first kappa shape index (κ1) is 12.5. The van der Waals surface area contributed by atoms with Crippen LogP contribution in [0.1, 0.15) is 25.7 Å². The van der Waals surface area contributed by atoms with E-state index in [0.717, 1.165) is 11.1 Å². The lowest BCUT2D eigenvalue weighted by Crippen LogP contribution is -2.03. The van der Waals surface area contributed by atoms with Crippen LogP contribution in [0.3, 0.4) is 0 Å². The molecule has 17 heavy (non-hydrogen) atoms. The first-order chi connectivity index (χ1) is 7.88. The number of aliphatic hydroxyl groups is 1. The van der Waals surface area contributed by atoms with Gasteiger partial charge in [0.25, 0.3) is 0 Å². The first-order valence-corrected chi connectivity index (χ1v) is 6.28. The minimum absolute atomic E-state index is 0.208. The lowest BCUT2D eigenvalue weighted by atomic mass is 10.2. The van der Waals surface area contributed by atoms with E-state index in [1.54, 1.807) is 6.07 Å². The molecule has 2 nitrogen and oxygen atoms in total. The minimum atomic E-state index is -4.45. The van der Waals surface area contributed by atoms with Crippen molar-refractivity contribution in [2.45, 2.75) is 19.2 Å². The van der Waals surface area contributed by atoms with Crippen molar-refractivity contribution in [3.05, 3.63) is 38.0 Å². The van der Waals surface area contributed by atoms with Crippen LogP contribution in [-0.4, -0.2) is 10.1 Å². The van der Waals surface area contributed by atoms with E-state index in [-0.39, 0.29) is 4.88 Å². The Labute approximate surface area is 103 Å². The fourth-order valence-electron chi connectivity index (χ4n) is 1.28. The monoisotopic (exact) mass is 279 g/mol. The number of nitrogens with zero attached hydrogens (tertiary/aromatic N) is 1. The fourth-order valence-corrected chi connectivity index (χ4v) is 3.03. The van der Waals surface area contributed by atoms with Gasteiger partial charge in [-0.05, 0) is 19.1 Å². The number of alkyl halides is 3. The van der Waals surface area contributed by atoms with Crippen LogP contribution in [-0.2, 0) is 6.18 Å². The number of thiazole rings is 1. The predicted octanol–water partition coefficient (Wildman–Crippen LogP) is 3.61. The molecule has 0 radical (unpaired) electrons. The summed E-state index contributed by atoms with van der Waals surface area (Å²) < 4.78 is 37.0. The second-order valence-electron chi connectivity index (χ2n) is 3.42. The summed E-state index contributed by atoms with van der Waals surface area (Å²) in [6.07, 6.45) is -4.40. The van der Waals surface area contributed by atoms with Gasteiger partial charge in [0, 0.05) is 16.0 Å². The van der Waals surface area contributed by atoms with Crippen LogP contribution in [0.15, 0.2) is 18.3 Å². The molecule has 0 aromatic carbocycles. The standard InChI is InChI=1S/C10H8F3NOS2/c1-5-2-3-6(16-5)8(15)7-4-14-9(17-7)10(11,12)13/h2-4,8,15H,1H3. The van der Waals surface area contributed by atoms with Gasteiger partial charge < -0.3 is 5.11 Å². The van der Waals surface area contributed by atoms with Crippen molar-refractivity contribution < 1.29 is 18.3 Å². The van der Waals surface area contributed by atoms with Crippen molar-refractivity contribution in [3.8, 4) is 0 Å². The third-order valence-corrected chi connectivity index (χ3v) is 4.21. The van der Waals surface area contributed by atoms with Crippen LogP contribution in [0.4, 0.5) is 13.2 Å². The Morgan fingerprint density at radius 3 is 2.41 bits per heavy atom. The molecule has 0 amide bonds. The molecule has 0 aliphatic carbocycles. The fraction of sp³-hybridized carbons (Fsp3) is 0.300. The zero-order valence-corrected chi connectivity index (χ0v) is 10.3. The normalized spacial score (nSPS) is 13.9. The highest BCUT2D eigenvalue weighted by atomic mass is 32.1. The molecule has 7 heteroatoms. The lowest BCUT2D eigenvalue weighted by molar-refractivity contribution is -0.137. The predicted molar refractivity (Wildman–Crippen MR) is 60.2 cm³/mol. The molecule has 0 bridgehead atoms. The molecule has 1 unspecified atom stereocenters. The summed E-state index contributed by atoms with van der Waals surface area (Å²) in [5.74, 6) is 0. The van der Waals surface area contributed by atoms with Crippen LogP contribution in [0.2, 0.25) is 0 Å². The zero-order chi connectivity index (χ0) is 12.6. The lowest BCUT2D eigenvalue weighted by Gasteiger charge is -2.04. The Morgan fingerprint density at radius 1 is 1.24 bits per heavy atom. The van der Waals surface area contributed by atoms with Gasteiger partial charge in [-0.3, -0.25) is 0 Å². The highest BCUT2D eigenvalue weighted by Crippen LogP contribution is 2.37. The SMILES string of the molecule is Cc1ccc(C(O)c2cnc(C(F)(F)F)s2)s1. The Hall–Kier alpha value is -0.920. The van der Waals surface area contributed by atoms with Gasteiger partial charge in [-0.1, -0.05) is 0 Å². The molecule has 1 N–H and O–H groups in total. The summed E-state index contributed by atoms with van der Waals surface area (Å²) >= 11 is 1.83. The Bertz CT molecular complexity index is 518. The summed E-state index contributed by atoms with van der Waals surface area (Å²) in [7, 11) is 0. The van der Waals surface area contributed by atoms with Crippen LogP contribution >= 0.6 is 22.7 Å². The van der Waals surface area contributed by atoms with Crippen molar-refractivity contribution >= 4 is 22.7 Å². The summed E-state index contributed by atoms with van der Waals surface area (Å²) in [5, 5.41) is 8.97. The van der Waals surface area contributed by atoms with Gasteiger partial charge in [0.2, 0.25) is 0 Å². The minimum Gasteiger partial charge on any atom is -0.382 e. The smallest absolute Gasteiger partial charge is 0.382 e. The van der Waals surface area contributed by atoms with Gasteiger partial charge in [-0.2, -0.15) is 13.2 Å². The second kappa shape index (κ2) is 4.40. The van der Waals surface area contributed by atoms with E-state index >= 15 is 0 Å². The van der Waals surface area contributed by atoms with E-state index in [4.69, 9.17) is 0 Å². The second-order valence-corrected chi connectivity index (χ2v) is 5.80. The van der Waals surface area contributed by atoms with E-state index < -0.39 is 17.3 Å². The number of aryl methyl sites for hydroxylation is 1. The first-order valence-electron chi connectivity index (χ1n) is 4.65. The van der Waals surface area contributed by atoms with E-state index in [2.05, 4.69) is 4.98 Å². The van der Waals surface area contributed by atoms with Crippen molar-refractivity contribution in [3.63, 3.8) is 0 Å². The quantitative estimate of drug-likeness (QED) is 0.911. The third kappa shape index (κ3) is 2.67. The Morgan fingerprint density at radius 2 is 1.94 bits per heavy atom. The molecule has 2 rings (SSSR count). The van der Waals surface area contributed by atoms with Crippen LogP contribution in [0.5, 0.6) is 0 Å². The van der Waals surface area contributed by atoms with Crippen molar-refractivity contribution in [1.29, 1.82) is 0 Å². The van der Waals surface area contributed by atoms with E-state index in [9.17, 15) is 18.3 Å². The molecular formula is C10H8F3NOS2. The number of hydrogen-bond acceptors (Lipinski definition) is 4. The van der Waals surface area contributed by atoms with Crippen LogP contribution in [0, 0.1) is 6.92 Å². The molecule has 0 saturated carbocycles. The molecule has 2 aromatic rings. The largest absolute Gasteiger partial charge is 0.443 e. The van der Waals surface area contributed by atoms with Gasteiger partial charge in [-0.15, -0.1) is 22.7 Å². The maximum Gasteiger partial charge on any atom is 0.443 e. The van der Waals surface area contributed by atoms with Crippen molar-refractivity contribution in [2.24, 2.45) is 0 Å².